The van der Waals surface area contributed by atoms with Crippen molar-refractivity contribution in [3.05, 3.63) is 0 Å². The molecule has 0 rings (SSSR count). The van der Waals surface area contributed by atoms with Crippen LogP contribution in [-0.4, -0.2) is 12.1 Å². The molecular weight excluding hydrogens is 160 g/mol. The molecule has 0 aromatic rings. The summed E-state index contributed by atoms with van der Waals surface area (Å²) in [6.45, 7) is 6.66. The number of nitrogens with zero attached hydrogens (tertiary/aromatic N) is 1. The molecule has 2 nitrogen and oxygen atoms in total. The van der Waals surface area contributed by atoms with Crippen LogP contribution in [0.5, 0.6) is 0 Å². The highest BCUT2D eigenvalue weighted by Crippen LogP contribution is 2.15. The number of rotatable bonds is 5. The lowest BCUT2D eigenvalue weighted by Gasteiger charge is -2.22. The molecule has 0 heterocycles. The molecule has 0 amide bonds. The van der Waals surface area contributed by atoms with E-state index in [1.165, 1.54) is 0 Å². The highest BCUT2D eigenvalue weighted by atomic mass is 14.9. The molecule has 2 heteroatoms. The fourth-order valence-electron chi connectivity index (χ4n) is 1.01. The SMILES string of the molecule is C#CCNC(C)(C#N)CCC(C)C. The third-order valence-electron chi connectivity index (χ3n) is 2.05. The maximum atomic E-state index is 8.94. The fraction of sp³-hybridized carbons (Fsp3) is 0.727. The second-order valence-corrected chi connectivity index (χ2v) is 3.93. The summed E-state index contributed by atoms with van der Waals surface area (Å²) in [5, 5.41) is 12.0. The van der Waals surface area contributed by atoms with E-state index in [0.29, 0.717) is 12.5 Å². The quantitative estimate of drug-likeness (QED) is 0.653. The lowest BCUT2D eigenvalue weighted by atomic mass is 9.93. The Hall–Kier alpha value is -0.990. The molecule has 0 fully saturated rings. The van der Waals surface area contributed by atoms with Gasteiger partial charge >= 0.3 is 0 Å². The van der Waals surface area contributed by atoms with Crippen LogP contribution in [0.2, 0.25) is 0 Å². The van der Waals surface area contributed by atoms with Gasteiger partial charge in [-0.05, 0) is 25.7 Å². The molecule has 0 spiro atoms. The molecule has 1 atom stereocenters. The van der Waals surface area contributed by atoms with E-state index in [1.807, 2.05) is 6.92 Å². The summed E-state index contributed by atoms with van der Waals surface area (Å²) in [5.74, 6) is 3.11. The number of hydrogen-bond acceptors (Lipinski definition) is 2. The van der Waals surface area contributed by atoms with Crippen molar-refractivity contribution in [1.29, 1.82) is 5.26 Å². The Morgan fingerprint density at radius 2 is 2.15 bits per heavy atom. The van der Waals surface area contributed by atoms with Crippen LogP contribution in [0, 0.1) is 29.6 Å². The molecule has 0 bridgehead atoms. The van der Waals surface area contributed by atoms with Gasteiger partial charge in [0.2, 0.25) is 0 Å². The summed E-state index contributed by atoms with van der Waals surface area (Å²) >= 11 is 0. The van der Waals surface area contributed by atoms with Crippen LogP contribution < -0.4 is 5.32 Å². The molecule has 72 valence electrons. The van der Waals surface area contributed by atoms with Gasteiger partial charge in [-0.25, -0.2) is 0 Å². The molecular formula is C11H18N2. The highest BCUT2D eigenvalue weighted by Gasteiger charge is 2.22. The van der Waals surface area contributed by atoms with Gasteiger partial charge in [-0.3, -0.25) is 5.32 Å². The molecule has 0 aliphatic carbocycles. The van der Waals surface area contributed by atoms with Crippen LogP contribution in [0.4, 0.5) is 0 Å². The van der Waals surface area contributed by atoms with Crippen LogP contribution in [0.3, 0.4) is 0 Å². The fourth-order valence-corrected chi connectivity index (χ4v) is 1.01. The van der Waals surface area contributed by atoms with Crippen molar-refractivity contribution in [2.45, 2.75) is 39.2 Å². The minimum atomic E-state index is -0.462. The van der Waals surface area contributed by atoms with Gasteiger partial charge in [0, 0.05) is 0 Å². The summed E-state index contributed by atoms with van der Waals surface area (Å²) in [6, 6.07) is 2.26. The Kier molecular flexibility index (Phi) is 5.19. The average molecular weight is 178 g/mol. The van der Waals surface area contributed by atoms with Crippen molar-refractivity contribution in [2.75, 3.05) is 6.54 Å². The van der Waals surface area contributed by atoms with Crippen LogP contribution in [0.1, 0.15) is 33.6 Å². The van der Waals surface area contributed by atoms with E-state index >= 15 is 0 Å². The smallest absolute Gasteiger partial charge is 0.104 e. The lowest BCUT2D eigenvalue weighted by Crippen LogP contribution is -2.41. The predicted molar refractivity (Wildman–Crippen MR) is 54.9 cm³/mol. The molecule has 13 heavy (non-hydrogen) atoms. The summed E-state index contributed by atoms with van der Waals surface area (Å²) in [6.07, 6.45) is 7.02. The van der Waals surface area contributed by atoms with E-state index < -0.39 is 5.54 Å². The maximum absolute atomic E-state index is 8.94. The van der Waals surface area contributed by atoms with Gasteiger partial charge in [0.1, 0.15) is 5.54 Å². The van der Waals surface area contributed by atoms with Crippen molar-refractivity contribution in [1.82, 2.24) is 5.32 Å². The van der Waals surface area contributed by atoms with E-state index in [9.17, 15) is 0 Å². The van der Waals surface area contributed by atoms with E-state index in [2.05, 4.69) is 31.2 Å². The van der Waals surface area contributed by atoms with Crippen LogP contribution in [0.25, 0.3) is 0 Å². The first kappa shape index (κ1) is 12.0. The van der Waals surface area contributed by atoms with Crippen molar-refractivity contribution in [3.8, 4) is 18.4 Å². The van der Waals surface area contributed by atoms with Crippen molar-refractivity contribution in [2.24, 2.45) is 5.92 Å². The van der Waals surface area contributed by atoms with E-state index in [4.69, 9.17) is 11.7 Å². The predicted octanol–water partition coefficient (Wildman–Crippen LogP) is 1.93. The van der Waals surface area contributed by atoms with E-state index in [-0.39, 0.29) is 0 Å². The first-order valence-electron chi connectivity index (χ1n) is 4.64. The molecule has 0 saturated carbocycles. The Balaban J connectivity index is 4.00. The van der Waals surface area contributed by atoms with Crippen molar-refractivity contribution < 1.29 is 0 Å². The second-order valence-electron chi connectivity index (χ2n) is 3.93. The molecule has 1 N–H and O–H groups in total. The minimum absolute atomic E-state index is 0.460. The van der Waals surface area contributed by atoms with Crippen LogP contribution in [0.15, 0.2) is 0 Å². The van der Waals surface area contributed by atoms with Crippen LogP contribution in [-0.2, 0) is 0 Å². The van der Waals surface area contributed by atoms with Gasteiger partial charge in [0.25, 0.3) is 0 Å². The van der Waals surface area contributed by atoms with Gasteiger partial charge in [0.15, 0.2) is 0 Å². The Morgan fingerprint density at radius 3 is 2.54 bits per heavy atom. The van der Waals surface area contributed by atoms with Crippen molar-refractivity contribution >= 4 is 0 Å². The van der Waals surface area contributed by atoms with Gasteiger partial charge < -0.3 is 0 Å². The zero-order valence-corrected chi connectivity index (χ0v) is 8.72. The summed E-state index contributed by atoms with van der Waals surface area (Å²) < 4.78 is 0. The monoisotopic (exact) mass is 178 g/mol. The Bertz CT molecular complexity index is 219. The normalized spacial score (nSPS) is 14.6. The lowest BCUT2D eigenvalue weighted by molar-refractivity contribution is 0.394. The molecule has 0 radical (unpaired) electrons. The zero-order chi connectivity index (χ0) is 10.3. The summed E-state index contributed by atoms with van der Waals surface area (Å²) in [4.78, 5) is 0. The van der Waals surface area contributed by atoms with Gasteiger partial charge in [-0.1, -0.05) is 19.8 Å². The molecule has 0 aliphatic rings. The van der Waals surface area contributed by atoms with Gasteiger partial charge in [0.05, 0.1) is 12.6 Å². The topological polar surface area (TPSA) is 35.8 Å². The Morgan fingerprint density at radius 1 is 1.54 bits per heavy atom. The van der Waals surface area contributed by atoms with Gasteiger partial charge in [-0.15, -0.1) is 6.42 Å². The number of nitrogens with one attached hydrogen (secondary N) is 1. The average Bonchev–Trinajstić information content (AvgIpc) is 2.11. The Labute approximate surface area is 81.3 Å². The highest BCUT2D eigenvalue weighted by molar-refractivity contribution is 5.06. The summed E-state index contributed by atoms with van der Waals surface area (Å²) in [5.41, 5.74) is -0.462. The first-order valence-corrected chi connectivity index (χ1v) is 4.64. The standard InChI is InChI=1S/C11H18N2/c1-5-8-13-11(4,9-12)7-6-10(2)3/h1,10,13H,6-8H2,2-4H3. The number of terminal acetylenes is 1. The third-order valence-corrected chi connectivity index (χ3v) is 2.05. The largest absolute Gasteiger partial charge is 0.289 e. The molecule has 0 aliphatic heterocycles. The van der Waals surface area contributed by atoms with Gasteiger partial charge in [-0.2, -0.15) is 5.26 Å². The molecule has 0 aromatic carbocycles. The molecule has 0 aromatic heterocycles. The first-order chi connectivity index (χ1) is 6.04. The van der Waals surface area contributed by atoms with E-state index in [1.54, 1.807) is 0 Å². The second kappa shape index (κ2) is 5.62. The molecule has 0 saturated heterocycles. The maximum Gasteiger partial charge on any atom is 0.104 e. The zero-order valence-electron chi connectivity index (χ0n) is 8.72. The van der Waals surface area contributed by atoms with E-state index in [0.717, 1.165) is 12.8 Å². The summed E-state index contributed by atoms with van der Waals surface area (Å²) in [7, 11) is 0. The number of hydrogen-bond donors (Lipinski definition) is 1. The van der Waals surface area contributed by atoms with Crippen molar-refractivity contribution in [3.63, 3.8) is 0 Å². The number of nitriles is 1. The van der Waals surface area contributed by atoms with Crippen LogP contribution >= 0.6 is 0 Å². The minimum Gasteiger partial charge on any atom is -0.289 e. The third kappa shape index (κ3) is 5.28. The molecule has 1 unspecified atom stereocenters.